The van der Waals surface area contributed by atoms with Crippen LogP contribution in [-0.2, 0) is 0 Å². The fourth-order valence-electron chi connectivity index (χ4n) is 1.27. The standard InChI is InChI=1S/C11H10FNS/c1-7-5-9(3-4-10(7)12)11-13-6-8(2)14-11/h3-6H,1-2H3. The van der Waals surface area contributed by atoms with E-state index in [0.29, 0.717) is 5.56 Å². The Kier molecular flexibility index (Phi) is 2.33. The largest absolute Gasteiger partial charge is 0.244 e. The highest BCUT2D eigenvalue weighted by molar-refractivity contribution is 7.14. The van der Waals surface area contributed by atoms with Gasteiger partial charge in [-0.1, -0.05) is 0 Å². The Morgan fingerprint density at radius 2 is 2.07 bits per heavy atom. The monoisotopic (exact) mass is 207 g/mol. The van der Waals surface area contributed by atoms with Gasteiger partial charge in [-0.2, -0.15) is 0 Å². The predicted octanol–water partition coefficient (Wildman–Crippen LogP) is 3.57. The maximum absolute atomic E-state index is 13.0. The van der Waals surface area contributed by atoms with Gasteiger partial charge in [0.2, 0.25) is 0 Å². The SMILES string of the molecule is Cc1cnc(-c2ccc(F)c(C)c2)s1. The lowest BCUT2D eigenvalue weighted by Crippen LogP contribution is -1.83. The quantitative estimate of drug-likeness (QED) is 0.696. The zero-order valence-corrected chi connectivity index (χ0v) is 8.86. The molecule has 1 aromatic heterocycles. The topological polar surface area (TPSA) is 12.9 Å². The highest BCUT2D eigenvalue weighted by Gasteiger charge is 2.04. The number of aryl methyl sites for hydroxylation is 2. The molecule has 0 saturated heterocycles. The Hall–Kier alpha value is -1.22. The van der Waals surface area contributed by atoms with Crippen LogP contribution in [0.3, 0.4) is 0 Å². The fraction of sp³-hybridized carbons (Fsp3) is 0.182. The molecule has 0 bridgehead atoms. The van der Waals surface area contributed by atoms with E-state index in [1.54, 1.807) is 24.3 Å². The van der Waals surface area contributed by atoms with Gasteiger partial charge in [-0.05, 0) is 37.6 Å². The van der Waals surface area contributed by atoms with Gasteiger partial charge >= 0.3 is 0 Å². The summed E-state index contributed by atoms with van der Waals surface area (Å²) < 4.78 is 13.0. The van der Waals surface area contributed by atoms with Crippen molar-refractivity contribution in [2.45, 2.75) is 13.8 Å². The molecular weight excluding hydrogens is 197 g/mol. The van der Waals surface area contributed by atoms with Crippen molar-refractivity contribution in [2.75, 3.05) is 0 Å². The molecule has 72 valence electrons. The molecule has 2 aromatic rings. The van der Waals surface area contributed by atoms with Crippen LogP contribution in [0.5, 0.6) is 0 Å². The third-order valence-corrected chi connectivity index (χ3v) is 2.99. The summed E-state index contributed by atoms with van der Waals surface area (Å²) >= 11 is 1.62. The van der Waals surface area contributed by atoms with Crippen LogP contribution in [0.1, 0.15) is 10.4 Å². The van der Waals surface area contributed by atoms with Crippen molar-refractivity contribution < 1.29 is 4.39 Å². The summed E-state index contributed by atoms with van der Waals surface area (Å²) in [7, 11) is 0. The van der Waals surface area contributed by atoms with E-state index >= 15 is 0 Å². The number of halogens is 1. The summed E-state index contributed by atoms with van der Waals surface area (Å²) in [5.41, 5.74) is 1.65. The van der Waals surface area contributed by atoms with E-state index in [1.165, 1.54) is 10.9 Å². The third-order valence-electron chi connectivity index (χ3n) is 2.03. The van der Waals surface area contributed by atoms with Crippen LogP contribution in [0.25, 0.3) is 10.6 Å². The van der Waals surface area contributed by atoms with Gasteiger partial charge < -0.3 is 0 Å². The minimum Gasteiger partial charge on any atom is -0.244 e. The van der Waals surface area contributed by atoms with Gasteiger partial charge in [0.05, 0.1) is 0 Å². The Morgan fingerprint density at radius 3 is 2.64 bits per heavy atom. The van der Waals surface area contributed by atoms with Crippen molar-refractivity contribution in [3.05, 3.63) is 40.7 Å². The van der Waals surface area contributed by atoms with Crippen LogP contribution >= 0.6 is 11.3 Å². The molecule has 0 unspecified atom stereocenters. The van der Waals surface area contributed by atoms with Gasteiger partial charge in [-0.3, -0.25) is 0 Å². The summed E-state index contributed by atoms with van der Waals surface area (Å²) in [6, 6.07) is 5.08. The molecule has 0 aliphatic rings. The minimum absolute atomic E-state index is 0.165. The molecule has 0 aliphatic carbocycles. The average molecular weight is 207 g/mol. The number of hydrogen-bond donors (Lipinski definition) is 0. The van der Waals surface area contributed by atoms with Crippen molar-refractivity contribution in [2.24, 2.45) is 0 Å². The van der Waals surface area contributed by atoms with Gasteiger partial charge in [0.1, 0.15) is 10.8 Å². The molecular formula is C11H10FNS. The van der Waals surface area contributed by atoms with Crippen LogP contribution in [0, 0.1) is 19.7 Å². The van der Waals surface area contributed by atoms with Crippen molar-refractivity contribution in [1.82, 2.24) is 4.98 Å². The summed E-state index contributed by atoms with van der Waals surface area (Å²) in [6.07, 6.45) is 1.83. The van der Waals surface area contributed by atoms with Crippen LogP contribution in [0.15, 0.2) is 24.4 Å². The molecule has 0 amide bonds. The maximum atomic E-state index is 13.0. The molecule has 14 heavy (non-hydrogen) atoms. The van der Waals surface area contributed by atoms with E-state index in [4.69, 9.17) is 0 Å². The second-order valence-corrected chi connectivity index (χ2v) is 4.47. The van der Waals surface area contributed by atoms with Gasteiger partial charge in [-0.25, -0.2) is 9.37 Å². The molecule has 0 aliphatic heterocycles. The number of hydrogen-bond acceptors (Lipinski definition) is 2. The van der Waals surface area contributed by atoms with Gasteiger partial charge in [0.15, 0.2) is 0 Å². The number of aromatic nitrogens is 1. The molecule has 0 atom stereocenters. The molecule has 0 saturated carbocycles. The molecule has 1 heterocycles. The first-order valence-corrected chi connectivity index (χ1v) is 5.17. The Labute approximate surface area is 86.2 Å². The van der Waals surface area contributed by atoms with E-state index in [-0.39, 0.29) is 5.82 Å². The molecule has 1 nitrogen and oxygen atoms in total. The first-order chi connectivity index (χ1) is 6.66. The summed E-state index contributed by atoms with van der Waals surface area (Å²) in [5, 5.41) is 0.950. The van der Waals surface area contributed by atoms with E-state index in [1.807, 2.05) is 19.2 Å². The zero-order chi connectivity index (χ0) is 10.1. The first-order valence-electron chi connectivity index (χ1n) is 4.36. The molecule has 0 spiro atoms. The van der Waals surface area contributed by atoms with Gasteiger partial charge in [0.25, 0.3) is 0 Å². The maximum Gasteiger partial charge on any atom is 0.126 e. The molecule has 0 radical (unpaired) electrons. The van der Waals surface area contributed by atoms with Crippen LogP contribution in [-0.4, -0.2) is 4.98 Å². The van der Waals surface area contributed by atoms with E-state index in [2.05, 4.69) is 4.98 Å². The molecule has 1 aromatic carbocycles. The number of rotatable bonds is 1. The fourth-order valence-corrected chi connectivity index (χ4v) is 2.03. The first kappa shape index (κ1) is 9.34. The lowest BCUT2D eigenvalue weighted by Gasteiger charge is -1.99. The van der Waals surface area contributed by atoms with E-state index in [9.17, 15) is 4.39 Å². The second-order valence-electron chi connectivity index (χ2n) is 3.24. The van der Waals surface area contributed by atoms with E-state index in [0.717, 1.165) is 10.6 Å². The average Bonchev–Trinajstić information content (AvgIpc) is 2.57. The normalized spacial score (nSPS) is 10.5. The summed E-state index contributed by atoms with van der Waals surface area (Å²) in [6.45, 7) is 3.77. The predicted molar refractivity (Wildman–Crippen MR) is 57.0 cm³/mol. The molecule has 0 N–H and O–H groups in total. The van der Waals surface area contributed by atoms with Crippen LogP contribution in [0.4, 0.5) is 4.39 Å². The van der Waals surface area contributed by atoms with Gasteiger partial charge in [0, 0.05) is 16.6 Å². The second kappa shape index (κ2) is 3.50. The highest BCUT2D eigenvalue weighted by atomic mass is 32.1. The van der Waals surface area contributed by atoms with Crippen molar-refractivity contribution in [3.63, 3.8) is 0 Å². The molecule has 2 rings (SSSR count). The zero-order valence-electron chi connectivity index (χ0n) is 8.04. The number of benzene rings is 1. The number of thiazole rings is 1. The summed E-state index contributed by atoms with van der Waals surface area (Å²) in [4.78, 5) is 5.42. The van der Waals surface area contributed by atoms with Crippen LogP contribution < -0.4 is 0 Å². The van der Waals surface area contributed by atoms with Crippen LogP contribution in [0.2, 0.25) is 0 Å². The number of nitrogens with zero attached hydrogens (tertiary/aromatic N) is 1. The minimum atomic E-state index is -0.165. The lowest BCUT2D eigenvalue weighted by atomic mass is 10.1. The summed E-state index contributed by atoms with van der Waals surface area (Å²) in [5.74, 6) is -0.165. The molecule has 3 heteroatoms. The Balaban J connectivity index is 2.47. The lowest BCUT2D eigenvalue weighted by molar-refractivity contribution is 0.619. The van der Waals surface area contributed by atoms with Crippen molar-refractivity contribution in [3.8, 4) is 10.6 Å². The Morgan fingerprint density at radius 1 is 1.29 bits per heavy atom. The van der Waals surface area contributed by atoms with Gasteiger partial charge in [-0.15, -0.1) is 11.3 Å². The highest BCUT2D eigenvalue weighted by Crippen LogP contribution is 2.25. The van der Waals surface area contributed by atoms with Crippen molar-refractivity contribution >= 4 is 11.3 Å². The third kappa shape index (κ3) is 1.68. The van der Waals surface area contributed by atoms with Crippen molar-refractivity contribution in [1.29, 1.82) is 0 Å². The Bertz CT molecular complexity index is 462. The van der Waals surface area contributed by atoms with E-state index < -0.39 is 0 Å². The smallest absolute Gasteiger partial charge is 0.126 e. The molecule has 0 fully saturated rings.